The van der Waals surface area contributed by atoms with E-state index >= 15 is 0 Å². The fourth-order valence-electron chi connectivity index (χ4n) is 4.28. The van der Waals surface area contributed by atoms with Crippen molar-refractivity contribution >= 4 is 27.5 Å². The van der Waals surface area contributed by atoms with Gasteiger partial charge in [0.1, 0.15) is 24.1 Å². The number of anilines is 1. The first-order chi connectivity index (χ1) is 18.7. The van der Waals surface area contributed by atoms with E-state index < -0.39 is 28.5 Å². The molecule has 2 amide bonds. The van der Waals surface area contributed by atoms with Gasteiger partial charge in [-0.1, -0.05) is 43.3 Å². The van der Waals surface area contributed by atoms with Crippen LogP contribution in [0, 0.1) is 6.92 Å². The van der Waals surface area contributed by atoms with Crippen molar-refractivity contribution in [3.8, 4) is 11.5 Å². The lowest BCUT2D eigenvalue weighted by Crippen LogP contribution is -2.51. The quantitative estimate of drug-likeness (QED) is 0.366. The van der Waals surface area contributed by atoms with Gasteiger partial charge in [-0.2, -0.15) is 0 Å². The summed E-state index contributed by atoms with van der Waals surface area (Å²) >= 11 is 0. The average Bonchev–Trinajstić information content (AvgIpc) is 2.95. The zero-order valence-corrected chi connectivity index (χ0v) is 23.7. The van der Waals surface area contributed by atoms with Crippen LogP contribution in [0.4, 0.5) is 5.69 Å². The normalized spacial score (nSPS) is 11.8. The molecule has 208 valence electrons. The number of nitrogens with one attached hydrogen (secondary N) is 1. The van der Waals surface area contributed by atoms with Crippen molar-refractivity contribution in [3.05, 3.63) is 83.9 Å². The fraction of sp³-hybridized carbons (Fsp3) is 0.310. The minimum absolute atomic E-state index is 0.0269. The van der Waals surface area contributed by atoms with Gasteiger partial charge in [0.25, 0.3) is 10.0 Å². The number of benzene rings is 3. The number of hydrogen-bond donors (Lipinski definition) is 1. The number of nitrogens with zero attached hydrogens (tertiary/aromatic N) is 2. The second-order valence-electron chi connectivity index (χ2n) is 8.91. The number of ether oxygens (including phenoxy) is 2. The molecule has 0 heterocycles. The SMILES string of the molecule is CC[C@H](C(=O)NC)N(Cc1cccc(OC)c1)C(=O)CN(c1cc(C)ccc1OC)S(=O)(=O)c1ccccc1. The van der Waals surface area contributed by atoms with Crippen molar-refractivity contribution in [1.82, 2.24) is 10.2 Å². The first-order valence-corrected chi connectivity index (χ1v) is 14.0. The summed E-state index contributed by atoms with van der Waals surface area (Å²) in [7, 11) is 0.301. The Labute approximate surface area is 230 Å². The van der Waals surface area contributed by atoms with Crippen molar-refractivity contribution in [2.24, 2.45) is 0 Å². The molecule has 0 aliphatic heterocycles. The minimum Gasteiger partial charge on any atom is -0.497 e. The van der Waals surface area contributed by atoms with Gasteiger partial charge in [0, 0.05) is 13.6 Å². The van der Waals surface area contributed by atoms with Crippen LogP contribution in [0.3, 0.4) is 0 Å². The number of carbonyl (C=O) groups excluding carboxylic acids is 2. The lowest BCUT2D eigenvalue weighted by atomic mass is 10.1. The number of likely N-dealkylation sites (N-methyl/N-ethyl adjacent to an activating group) is 1. The number of carbonyl (C=O) groups is 2. The zero-order chi connectivity index (χ0) is 28.6. The van der Waals surface area contributed by atoms with E-state index in [2.05, 4.69) is 5.32 Å². The Kier molecular flexibility index (Phi) is 9.95. The van der Waals surface area contributed by atoms with Gasteiger partial charge in [-0.25, -0.2) is 8.42 Å². The number of aryl methyl sites for hydroxylation is 1. The molecule has 0 aromatic heterocycles. The molecule has 0 fully saturated rings. The van der Waals surface area contributed by atoms with E-state index in [0.29, 0.717) is 17.9 Å². The van der Waals surface area contributed by atoms with Crippen LogP contribution in [0.5, 0.6) is 11.5 Å². The van der Waals surface area contributed by atoms with E-state index in [1.165, 1.54) is 31.2 Å². The van der Waals surface area contributed by atoms with Crippen molar-refractivity contribution < 1.29 is 27.5 Å². The summed E-state index contributed by atoms with van der Waals surface area (Å²) in [4.78, 5) is 28.3. The molecule has 3 aromatic rings. The largest absolute Gasteiger partial charge is 0.497 e. The summed E-state index contributed by atoms with van der Waals surface area (Å²) in [5.74, 6) is 0.00643. The van der Waals surface area contributed by atoms with Gasteiger partial charge in [-0.15, -0.1) is 0 Å². The Bertz CT molecular complexity index is 1400. The number of hydrogen-bond acceptors (Lipinski definition) is 6. The highest BCUT2D eigenvalue weighted by atomic mass is 32.2. The van der Waals surface area contributed by atoms with E-state index in [-0.39, 0.29) is 23.0 Å². The van der Waals surface area contributed by atoms with E-state index in [1.54, 1.807) is 68.6 Å². The lowest BCUT2D eigenvalue weighted by molar-refractivity contribution is -0.140. The van der Waals surface area contributed by atoms with Crippen LogP contribution in [-0.4, -0.2) is 59.0 Å². The molecular weight excluding hydrogens is 518 g/mol. The summed E-state index contributed by atoms with van der Waals surface area (Å²) in [5, 5.41) is 2.62. The Morgan fingerprint density at radius 3 is 2.28 bits per heavy atom. The molecule has 39 heavy (non-hydrogen) atoms. The Balaban J connectivity index is 2.12. The molecule has 0 saturated carbocycles. The van der Waals surface area contributed by atoms with Crippen LogP contribution < -0.4 is 19.1 Å². The van der Waals surface area contributed by atoms with Crippen LogP contribution in [0.25, 0.3) is 0 Å². The smallest absolute Gasteiger partial charge is 0.264 e. The summed E-state index contributed by atoms with van der Waals surface area (Å²) in [6, 6.07) is 19.4. The highest BCUT2D eigenvalue weighted by Gasteiger charge is 2.34. The van der Waals surface area contributed by atoms with Crippen molar-refractivity contribution in [2.45, 2.75) is 37.8 Å². The topological polar surface area (TPSA) is 105 Å². The molecule has 1 atom stereocenters. The molecule has 9 nitrogen and oxygen atoms in total. The second kappa shape index (κ2) is 13.1. The van der Waals surface area contributed by atoms with Gasteiger partial charge in [0.05, 0.1) is 24.8 Å². The van der Waals surface area contributed by atoms with Gasteiger partial charge in [-0.3, -0.25) is 13.9 Å². The van der Waals surface area contributed by atoms with E-state index in [0.717, 1.165) is 15.4 Å². The van der Waals surface area contributed by atoms with E-state index in [1.807, 2.05) is 13.0 Å². The molecule has 0 spiro atoms. The number of amides is 2. The fourth-order valence-corrected chi connectivity index (χ4v) is 5.72. The van der Waals surface area contributed by atoms with Gasteiger partial charge in [0.2, 0.25) is 11.8 Å². The van der Waals surface area contributed by atoms with Crippen LogP contribution >= 0.6 is 0 Å². The highest BCUT2D eigenvalue weighted by molar-refractivity contribution is 7.92. The third-order valence-corrected chi connectivity index (χ3v) is 8.11. The maximum Gasteiger partial charge on any atom is 0.264 e. The van der Waals surface area contributed by atoms with Crippen molar-refractivity contribution in [2.75, 3.05) is 32.1 Å². The predicted molar refractivity (Wildman–Crippen MR) is 150 cm³/mol. The van der Waals surface area contributed by atoms with Crippen LogP contribution in [0.2, 0.25) is 0 Å². The zero-order valence-electron chi connectivity index (χ0n) is 22.9. The van der Waals surface area contributed by atoms with Gasteiger partial charge in [0.15, 0.2) is 0 Å². The summed E-state index contributed by atoms with van der Waals surface area (Å²) in [6.07, 6.45) is 0.328. The van der Waals surface area contributed by atoms with E-state index in [9.17, 15) is 18.0 Å². The molecule has 0 aliphatic rings. The molecule has 3 aromatic carbocycles. The molecule has 0 unspecified atom stereocenters. The predicted octanol–water partition coefficient (Wildman–Crippen LogP) is 3.76. The number of rotatable bonds is 12. The monoisotopic (exact) mass is 553 g/mol. The van der Waals surface area contributed by atoms with Crippen molar-refractivity contribution in [1.29, 1.82) is 0 Å². The molecule has 0 radical (unpaired) electrons. The number of methoxy groups -OCH3 is 2. The van der Waals surface area contributed by atoms with Crippen LogP contribution in [0.1, 0.15) is 24.5 Å². The third-order valence-electron chi connectivity index (χ3n) is 6.33. The third kappa shape index (κ3) is 6.88. The molecule has 0 bridgehead atoms. The summed E-state index contributed by atoms with van der Waals surface area (Å²) in [5.41, 5.74) is 1.75. The highest BCUT2D eigenvalue weighted by Crippen LogP contribution is 2.33. The minimum atomic E-state index is -4.19. The van der Waals surface area contributed by atoms with Crippen LogP contribution in [-0.2, 0) is 26.2 Å². The Hall–Kier alpha value is -4.05. The maximum atomic E-state index is 14.0. The maximum absolute atomic E-state index is 14.0. The Morgan fingerprint density at radius 2 is 1.67 bits per heavy atom. The summed E-state index contributed by atoms with van der Waals surface area (Å²) < 4.78 is 39.7. The first-order valence-electron chi connectivity index (χ1n) is 12.5. The van der Waals surface area contributed by atoms with E-state index in [4.69, 9.17) is 9.47 Å². The number of sulfonamides is 1. The molecule has 0 aliphatic carbocycles. The molecule has 0 saturated heterocycles. The Morgan fingerprint density at radius 1 is 0.949 bits per heavy atom. The average molecular weight is 554 g/mol. The molecular formula is C29H35N3O6S. The van der Waals surface area contributed by atoms with Crippen molar-refractivity contribution in [3.63, 3.8) is 0 Å². The lowest BCUT2D eigenvalue weighted by Gasteiger charge is -2.33. The van der Waals surface area contributed by atoms with Gasteiger partial charge >= 0.3 is 0 Å². The molecule has 3 rings (SSSR count). The van der Waals surface area contributed by atoms with Crippen LogP contribution in [0.15, 0.2) is 77.7 Å². The molecule has 10 heteroatoms. The van der Waals surface area contributed by atoms with Gasteiger partial charge in [-0.05, 0) is 60.9 Å². The standard InChI is InChI=1S/C29H35N3O6S/c1-6-25(29(34)30-3)31(19-22-11-10-12-23(18-22)37-4)28(33)20-32(26-17-21(2)15-16-27(26)38-5)39(35,36)24-13-8-7-9-14-24/h7-18,25H,6,19-20H2,1-5H3,(H,30,34)/t25-/m1/s1. The second-order valence-corrected chi connectivity index (χ2v) is 10.8. The van der Waals surface area contributed by atoms with Gasteiger partial charge < -0.3 is 19.7 Å². The summed E-state index contributed by atoms with van der Waals surface area (Å²) in [6.45, 7) is 3.15. The molecule has 1 N–H and O–H groups in total. The first kappa shape index (κ1) is 29.5.